The zero-order chi connectivity index (χ0) is 18.6. The Morgan fingerprint density at radius 2 is 1.70 bits per heavy atom. The fraction of sp³-hybridized carbons (Fsp3) is 0.278. The molecule has 2 atom stereocenters. The second kappa shape index (κ2) is 9.18. The normalized spacial score (nSPS) is 19.1. The summed E-state index contributed by atoms with van der Waals surface area (Å²) in [6.07, 6.45) is 0.784. The van der Waals surface area contributed by atoms with E-state index < -0.39 is 16.1 Å². The van der Waals surface area contributed by atoms with E-state index in [1.165, 1.54) is 12.1 Å². The van der Waals surface area contributed by atoms with Gasteiger partial charge >= 0.3 is 0 Å². The molecule has 27 heavy (non-hydrogen) atoms. The first kappa shape index (κ1) is 21.2. The Morgan fingerprint density at radius 1 is 1.04 bits per heavy atom. The summed E-state index contributed by atoms with van der Waals surface area (Å²) in [4.78, 5) is 12.3. The van der Waals surface area contributed by atoms with E-state index >= 15 is 0 Å². The van der Waals surface area contributed by atoms with Gasteiger partial charge < -0.3 is 15.8 Å². The van der Waals surface area contributed by atoms with Crippen LogP contribution in [0.25, 0.3) is 0 Å². The minimum atomic E-state index is -3.69. The van der Waals surface area contributed by atoms with Gasteiger partial charge in [0.2, 0.25) is 0 Å². The number of amides is 1. The van der Waals surface area contributed by atoms with Gasteiger partial charge in [0.15, 0.2) is 0 Å². The number of ether oxygens (including phenoxy) is 1. The monoisotopic (exact) mass is 411 g/mol. The summed E-state index contributed by atoms with van der Waals surface area (Å²) in [5.74, 6) is -0.251. The number of carbonyl (C=O) groups excluding carboxylic acids is 1. The summed E-state index contributed by atoms with van der Waals surface area (Å²) >= 11 is 0. The average molecular weight is 412 g/mol. The summed E-state index contributed by atoms with van der Waals surface area (Å²) in [6.45, 7) is 0.394. The zero-order valence-corrected chi connectivity index (χ0v) is 16.1. The van der Waals surface area contributed by atoms with Crippen LogP contribution in [0, 0.1) is 0 Å². The van der Waals surface area contributed by atoms with Crippen LogP contribution in [-0.4, -0.2) is 33.1 Å². The van der Waals surface area contributed by atoms with Crippen LogP contribution < -0.4 is 15.8 Å². The fourth-order valence-electron chi connectivity index (χ4n) is 2.73. The number of hydrogen-bond acceptors (Lipinski definition) is 5. The lowest BCUT2D eigenvalue weighted by Gasteiger charge is -2.13. The Labute approximate surface area is 164 Å². The molecule has 1 aliphatic heterocycles. The Bertz CT molecular complexity index is 860. The fourth-order valence-corrected chi connectivity index (χ4v) is 3.79. The highest BCUT2D eigenvalue weighted by molar-refractivity contribution is 7.92. The minimum Gasteiger partial charge on any atom is -0.364 e. The highest BCUT2D eigenvalue weighted by atomic mass is 35.5. The molecular weight excluding hydrogens is 390 g/mol. The van der Waals surface area contributed by atoms with E-state index in [2.05, 4.69) is 10.0 Å². The molecule has 0 unspecified atom stereocenters. The number of hydrogen-bond donors (Lipinski definition) is 3. The van der Waals surface area contributed by atoms with E-state index in [0.717, 1.165) is 6.42 Å². The molecule has 0 radical (unpaired) electrons. The first-order valence-electron chi connectivity index (χ1n) is 8.32. The number of rotatable bonds is 6. The lowest BCUT2D eigenvalue weighted by Crippen LogP contribution is -2.29. The number of nitrogens with one attached hydrogen (secondary N) is 2. The number of nitrogens with two attached hydrogens (primary N) is 1. The third-order valence-corrected chi connectivity index (χ3v) is 5.52. The van der Waals surface area contributed by atoms with E-state index in [0.29, 0.717) is 24.3 Å². The van der Waals surface area contributed by atoms with Crippen LogP contribution in [0.1, 0.15) is 12.8 Å². The highest BCUT2D eigenvalue weighted by Crippen LogP contribution is 2.22. The molecule has 1 fully saturated rings. The largest absolute Gasteiger partial charge is 0.364 e. The number of anilines is 2. The Morgan fingerprint density at radius 3 is 2.30 bits per heavy atom. The summed E-state index contributed by atoms with van der Waals surface area (Å²) in [7, 11) is -3.69. The van der Waals surface area contributed by atoms with Crippen molar-refractivity contribution in [1.29, 1.82) is 0 Å². The van der Waals surface area contributed by atoms with Crippen LogP contribution >= 0.6 is 12.4 Å². The molecule has 2 aromatic rings. The molecule has 0 saturated carbocycles. The van der Waals surface area contributed by atoms with Crippen LogP contribution in [0.2, 0.25) is 0 Å². The Kier molecular flexibility index (Phi) is 7.20. The molecule has 0 spiro atoms. The van der Waals surface area contributed by atoms with Crippen molar-refractivity contribution < 1.29 is 17.9 Å². The number of benzene rings is 2. The summed E-state index contributed by atoms with van der Waals surface area (Å²) in [5, 5.41) is 2.74. The maximum atomic E-state index is 12.4. The van der Waals surface area contributed by atoms with E-state index in [4.69, 9.17) is 10.5 Å². The van der Waals surface area contributed by atoms with Gasteiger partial charge in [-0.3, -0.25) is 9.52 Å². The summed E-state index contributed by atoms with van der Waals surface area (Å²) in [5.41, 5.74) is 6.53. The molecule has 3 rings (SSSR count). The maximum absolute atomic E-state index is 12.4. The number of sulfonamides is 1. The first-order valence-corrected chi connectivity index (χ1v) is 9.80. The van der Waals surface area contributed by atoms with Crippen molar-refractivity contribution in [1.82, 2.24) is 0 Å². The molecule has 1 aliphatic rings. The number of para-hydroxylation sites is 1. The van der Waals surface area contributed by atoms with Crippen molar-refractivity contribution in [3.63, 3.8) is 0 Å². The zero-order valence-electron chi connectivity index (χ0n) is 14.5. The van der Waals surface area contributed by atoms with E-state index in [1.807, 2.05) is 0 Å². The first-order chi connectivity index (χ1) is 12.5. The van der Waals surface area contributed by atoms with Crippen LogP contribution in [0.4, 0.5) is 11.4 Å². The van der Waals surface area contributed by atoms with Crippen LogP contribution in [0.5, 0.6) is 0 Å². The van der Waals surface area contributed by atoms with E-state index in [1.54, 1.807) is 42.5 Å². The molecule has 0 bridgehead atoms. The van der Waals surface area contributed by atoms with Crippen molar-refractivity contribution in [2.24, 2.45) is 5.73 Å². The molecule has 4 N–H and O–H groups in total. The standard InChI is InChI=1S/C18H21N3O4S.ClH/c19-12-15-8-11-17(25-15)18(22)20-13-6-9-16(10-7-13)26(23,24)21-14-4-2-1-3-5-14;/h1-7,9-10,15,17,21H,8,11-12,19H2,(H,20,22);1H/t15-,17+;/m1./s1. The van der Waals surface area contributed by atoms with Crippen molar-refractivity contribution in [3.8, 4) is 0 Å². The third-order valence-electron chi connectivity index (χ3n) is 4.12. The third kappa shape index (κ3) is 5.43. The van der Waals surface area contributed by atoms with E-state index in [-0.39, 0.29) is 29.3 Å². The van der Waals surface area contributed by atoms with Crippen molar-refractivity contribution in [2.75, 3.05) is 16.6 Å². The van der Waals surface area contributed by atoms with Crippen LogP contribution in [0.15, 0.2) is 59.5 Å². The average Bonchev–Trinajstić information content (AvgIpc) is 3.12. The van der Waals surface area contributed by atoms with Gasteiger partial charge in [0, 0.05) is 17.9 Å². The molecule has 7 nitrogen and oxygen atoms in total. The van der Waals surface area contributed by atoms with Gasteiger partial charge in [0.1, 0.15) is 6.10 Å². The molecule has 1 saturated heterocycles. The Balaban J connectivity index is 0.00000261. The molecule has 9 heteroatoms. The summed E-state index contributed by atoms with van der Waals surface area (Å²) < 4.78 is 32.8. The van der Waals surface area contributed by atoms with Gasteiger partial charge in [-0.25, -0.2) is 8.42 Å². The van der Waals surface area contributed by atoms with Gasteiger partial charge in [-0.1, -0.05) is 18.2 Å². The van der Waals surface area contributed by atoms with E-state index in [9.17, 15) is 13.2 Å². The lowest BCUT2D eigenvalue weighted by atomic mass is 10.2. The van der Waals surface area contributed by atoms with Gasteiger partial charge in [-0.05, 0) is 49.2 Å². The number of halogens is 1. The van der Waals surface area contributed by atoms with Gasteiger partial charge in [-0.2, -0.15) is 0 Å². The van der Waals surface area contributed by atoms with Crippen LogP contribution in [-0.2, 0) is 19.6 Å². The second-order valence-corrected chi connectivity index (χ2v) is 7.73. The van der Waals surface area contributed by atoms with Crippen molar-refractivity contribution in [2.45, 2.75) is 29.9 Å². The Hall–Kier alpha value is -2.13. The maximum Gasteiger partial charge on any atom is 0.261 e. The summed E-state index contributed by atoms with van der Waals surface area (Å²) in [6, 6.07) is 14.6. The highest BCUT2D eigenvalue weighted by Gasteiger charge is 2.29. The molecule has 2 aromatic carbocycles. The molecule has 1 amide bonds. The van der Waals surface area contributed by atoms with Gasteiger partial charge in [-0.15, -0.1) is 12.4 Å². The molecule has 1 heterocycles. The quantitative estimate of drug-likeness (QED) is 0.675. The molecule has 146 valence electrons. The minimum absolute atomic E-state index is 0. The lowest BCUT2D eigenvalue weighted by molar-refractivity contribution is -0.126. The molecular formula is C18H22ClN3O4S. The molecule has 0 aromatic heterocycles. The van der Waals surface area contributed by atoms with Gasteiger partial charge in [0.05, 0.1) is 11.0 Å². The smallest absolute Gasteiger partial charge is 0.261 e. The molecule has 0 aliphatic carbocycles. The SMILES string of the molecule is Cl.NC[C@H]1CC[C@@H](C(=O)Nc2ccc(S(=O)(=O)Nc3ccccc3)cc2)O1. The van der Waals surface area contributed by atoms with Crippen molar-refractivity contribution in [3.05, 3.63) is 54.6 Å². The van der Waals surface area contributed by atoms with Crippen molar-refractivity contribution >= 4 is 39.7 Å². The topological polar surface area (TPSA) is 111 Å². The second-order valence-electron chi connectivity index (χ2n) is 6.04. The number of carbonyl (C=O) groups is 1. The van der Waals surface area contributed by atoms with Crippen LogP contribution in [0.3, 0.4) is 0 Å². The van der Waals surface area contributed by atoms with Gasteiger partial charge in [0.25, 0.3) is 15.9 Å². The predicted octanol–water partition coefficient (Wildman–Crippen LogP) is 2.35. The predicted molar refractivity (Wildman–Crippen MR) is 107 cm³/mol.